The Morgan fingerprint density at radius 1 is 1.23 bits per heavy atom. The first-order valence-corrected chi connectivity index (χ1v) is 10.5. The molecule has 2 saturated carbocycles. The van der Waals surface area contributed by atoms with Gasteiger partial charge >= 0.3 is 5.97 Å². The molecular weight excluding hydrogens is 392 g/mol. The number of aliphatic hydroxyl groups excluding tert-OH is 2. The van der Waals surface area contributed by atoms with Crippen molar-refractivity contribution in [1.82, 2.24) is 0 Å². The van der Waals surface area contributed by atoms with E-state index in [1.54, 1.807) is 20.8 Å². The Hall–Kier alpha value is -2.06. The molecule has 0 bridgehead atoms. The van der Waals surface area contributed by atoms with Gasteiger partial charge in [-0.25, -0.2) is 0 Å². The highest BCUT2D eigenvalue weighted by molar-refractivity contribution is 6.19. The second-order valence-corrected chi connectivity index (χ2v) is 10.1. The fourth-order valence-electron chi connectivity index (χ4n) is 7.10. The predicted octanol–water partition coefficient (Wildman–Crippen LogP) is 1.03. The molecule has 30 heavy (non-hydrogen) atoms. The van der Waals surface area contributed by atoms with Crippen LogP contribution in [0.4, 0.5) is 0 Å². The number of ether oxygens (including phenoxy) is 1. The van der Waals surface area contributed by atoms with E-state index in [2.05, 4.69) is 0 Å². The van der Waals surface area contributed by atoms with E-state index in [-0.39, 0.29) is 30.0 Å². The molecule has 1 spiro atoms. The predicted molar refractivity (Wildman–Crippen MR) is 102 cm³/mol. The van der Waals surface area contributed by atoms with Gasteiger partial charge in [0, 0.05) is 22.5 Å². The van der Waals surface area contributed by atoms with Crippen LogP contribution in [-0.4, -0.2) is 57.6 Å². The molecule has 2 fully saturated rings. The number of ketones is 2. The number of carbonyl (C=O) groups is 4. The van der Waals surface area contributed by atoms with Crippen LogP contribution in [0.3, 0.4) is 0 Å². The summed E-state index contributed by atoms with van der Waals surface area (Å²) in [6.45, 7) is 5.44. The van der Waals surface area contributed by atoms with Crippen molar-refractivity contribution in [3.05, 3.63) is 11.1 Å². The highest BCUT2D eigenvalue weighted by Gasteiger charge is 2.72. The van der Waals surface area contributed by atoms with Crippen LogP contribution < -0.4 is 0 Å². The number of aliphatic hydroxyl groups is 2. The molecule has 4 aliphatic rings. The van der Waals surface area contributed by atoms with Crippen molar-refractivity contribution in [2.75, 3.05) is 0 Å². The number of carboxylic acid groups (broad SMARTS) is 1. The maximum absolute atomic E-state index is 13.5. The van der Waals surface area contributed by atoms with Crippen LogP contribution in [0.2, 0.25) is 0 Å². The number of aliphatic carboxylic acids is 1. The van der Waals surface area contributed by atoms with Crippen molar-refractivity contribution in [3.63, 3.8) is 0 Å². The first kappa shape index (κ1) is 21.2. The lowest BCUT2D eigenvalue weighted by molar-refractivity contribution is -0.170. The van der Waals surface area contributed by atoms with E-state index >= 15 is 0 Å². The first-order chi connectivity index (χ1) is 14.0. The highest BCUT2D eigenvalue weighted by Crippen LogP contribution is 2.67. The highest BCUT2D eigenvalue weighted by atomic mass is 16.5. The summed E-state index contributed by atoms with van der Waals surface area (Å²) in [6.07, 6.45) is -2.45. The van der Waals surface area contributed by atoms with E-state index in [9.17, 15) is 34.5 Å². The van der Waals surface area contributed by atoms with Crippen molar-refractivity contribution in [3.8, 4) is 0 Å². The summed E-state index contributed by atoms with van der Waals surface area (Å²) in [4.78, 5) is 49.9. The van der Waals surface area contributed by atoms with Gasteiger partial charge < -0.3 is 20.1 Å². The second-order valence-electron chi connectivity index (χ2n) is 10.1. The molecule has 0 aliphatic heterocycles. The van der Waals surface area contributed by atoms with Crippen LogP contribution >= 0.6 is 0 Å². The average Bonchev–Trinajstić information content (AvgIpc) is 3.31. The Morgan fingerprint density at radius 2 is 1.87 bits per heavy atom. The maximum atomic E-state index is 13.5. The normalized spacial score (nSPS) is 47.6. The van der Waals surface area contributed by atoms with Crippen molar-refractivity contribution in [2.45, 2.75) is 71.2 Å². The van der Waals surface area contributed by atoms with Crippen molar-refractivity contribution in [2.24, 2.45) is 28.1 Å². The lowest BCUT2D eigenvalue weighted by Crippen LogP contribution is -2.63. The number of fused-ring (bicyclic) bond motifs is 2. The molecule has 0 aromatic carbocycles. The topological polar surface area (TPSA) is 138 Å². The summed E-state index contributed by atoms with van der Waals surface area (Å²) >= 11 is 0. The largest absolute Gasteiger partial charge is 0.481 e. The molecule has 8 nitrogen and oxygen atoms in total. The van der Waals surface area contributed by atoms with Crippen molar-refractivity contribution < 1.29 is 39.2 Å². The molecule has 0 amide bonds. The molecular formula is C22H28O8. The van der Waals surface area contributed by atoms with Crippen molar-refractivity contribution in [1.29, 1.82) is 0 Å². The Labute approximate surface area is 174 Å². The molecule has 3 N–H and O–H groups in total. The van der Waals surface area contributed by atoms with Gasteiger partial charge in [-0.1, -0.05) is 27.2 Å². The summed E-state index contributed by atoms with van der Waals surface area (Å²) in [6, 6.07) is 0. The van der Waals surface area contributed by atoms with Crippen LogP contribution in [0.15, 0.2) is 11.1 Å². The molecule has 0 saturated heterocycles. The Morgan fingerprint density at radius 3 is 2.40 bits per heavy atom. The fourth-order valence-corrected chi connectivity index (χ4v) is 7.10. The maximum Gasteiger partial charge on any atom is 0.303 e. The van der Waals surface area contributed by atoms with Crippen LogP contribution in [0.25, 0.3) is 0 Å². The average molecular weight is 420 g/mol. The minimum atomic E-state index is -1.48. The van der Waals surface area contributed by atoms with Gasteiger partial charge in [-0.3, -0.25) is 19.2 Å². The zero-order valence-electron chi connectivity index (χ0n) is 17.4. The lowest BCUT2D eigenvalue weighted by Gasteiger charge is -2.59. The summed E-state index contributed by atoms with van der Waals surface area (Å²) in [5.41, 5.74) is -3.00. The van der Waals surface area contributed by atoms with E-state index < -0.39 is 58.0 Å². The minimum absolute atomic E-state index is 0.00687. The van der Waals surface area contributed by atoms with E-state index in [0.29, 0.717) is 25.7 Å². The Bertz CT molecular complexity index is 876. The molecule has 8 heteroatoms. The monoisotopic (exact) mass is 420 g/mol. The molecule has 4 aliphatic carbocycles. The number of carbonyl (C=O) groups excluding carboxylic acids is 3. The molecule has 0 heterocycles. The molecule has 0 aromatic heterocycles. The summed E-state index contributed by atoms with van der Waals surface area (Å²) in [5.74, 6) is -2.95. The van der Waals surface area contributed by atoms with E-state index in [0.717, 1.165) is 0 Å². The smallest absolute Gasteiger partial charge is 0.303 e. The number of Topliss-reactive ketones (excluding diaryl/α,β-unsaturated/α-hetero) is 2. The molecule has 164 valence electrons. The zero-order valence-corrected chi connectivity index (χ0v) is 17.4. The summed E-state index contributed by atoms with van der Waals surface area (Å²) < 4.78 is 5.18. The quantitative estimate of drug-likeness (QED) is 0.573. The third kappa shape index (κ3) is 2.46. The van der Waals surface area contributed by atoms with Gasteiger partial charge in [-0.05, 0) is 30.6 Å². The van der Waals surface area contributed by atoms with Gasteiger partial charge in [0.05, 0.1) is 17.9 Å². The Balaban J connectivity index is 1.95. The summed E-state index contributed by atoms with van der Waals surface area (Å²) in [5, 5.41) is 31.7. The van der Waals surface area contributed by atoms with Gasteiger partial charge in [0.2, 0.25) is 0 Å². The lowest BCUT2D eigenvalue weighted by atomic mass is 9.45. The van der Waals surface area contributed by atoms with Gasteiger partial charge in [0.25, 0.3) is 6.47 Å². The second kappa shape index (κ2) is 6.47. The minimum Gasteiger partial charge on any atom is -0.481 e. The van der Waals surface area contributed by atoms with E-state index in [1.165, 1.54) is 0 Å². The molecule has 0 radical (unpaired) electrons. The summed E-state index contributed by atoms with van der Waals surface area (Å²) in [7, 11) is 0. The van der Waals surface area contributed by atoms with Crippen LogP contribution in [-0.2, 0) is 23.9 Å². The molecule has 0 unspecified atom stereocenters. The number of hydrogen-bond donors (Lipinski definition) is 3. The van der Waals surface area contributed by atoms with Crippen LogP contribution in [0.1, 0.15) is 52.9 Å². The van der Waals surface area contributed by atoms with Crippen molar-refractivity contribution >= 4 is 24.0 Å². The van der Waals surface area contributed by atoms with E-state index in [4.69, 9.17) is 4.74 Å². The Kier molecular flexibility index (Phi) is 4.57. The number of carboxylic acids is 1. The standard InChI is InChI=1S/C22H28O8/c1-10-7-22(10)18(28)12-13(14(26)19(22)29)21(3)6-4-5-20(2,8-11(24)25)17(21)15(27)16(12)30-9-23/h9-10,15-17,19,27,29H,4-8H2,1-3H3,(H,24,25)/t10-,15+,16-,17-,19-,20+,21+,22+/m0/s1. The third-order valence-electron chi connectivity index (χ3n) is 8.43. The van der Waals surface area contributed by atoms with Gasteiger partial charge in [0.15, 0.2) is 17.7 Å². The SMILES string of the molecule is C[C@H]1C[C@]12C(=O)C1=C(C(=O)[C@@H]2O)[C@@]2(C)CCC[C@](C)(CC(=O)O)[C@@H]2[C@H](O)[C@H]1OC=O. The molecule has 4 rings (SSSR count). The van der Waals surface area contributed by atoms with Gasteiger partial charge in [0.1, 0.15) is 6.10 Å². The van der Waals surface area contributed by atoms with Gasteiger partial charge in [-0.2, -0.15) is 0 Å². The van der Waals surface area contributed by atoms with Crippen LogP contribution in [0.5, 0.6) is 0 Å². The van der Waals surface area contributed by atoms with Gasteiger partial charge in [-0.15, -0.1) is 0 Å². The third-order valence-corrected chi connectivity index (χ3v) is 8.43. The number of hydrogen-bond acceptors (Lipinski definition) is 7. The zero-order chi connectivity index (χ0) is 22.2. The number of rotatable bonds is 4. The molecule has 0 aromatic rings. The molecule has 8 atom stereocenters. The van der Waals surface area contributed by atoms with E-state index in [1.807, 2.05) is 0 Å². The van der Waals surface area contributed by atoms with Crippen LogP contribution in [0, 0.1) is 28.1 Å². The first-order valence-electron chi connectivity index (χ1n) is 10.5. The fraction of sp³-hybridized carbons (Fsp3) is 0.727.